The third-order valence-electron chi connectivity index (χ3n) is 5.38. The van der Waals surface area contributed by atoms with Gasteiger partial charge in [0.2, 0.25) is 5.91 Å². The second-order valence-corrected chi connectivity index (χ2v) is 7.08. The van der Waals surface area contributed by atoms with E-state index >= 15 is 0 Å². The van der Waals surface area contributed by atoms with E-state index in [1.165, 1.54) is 20.1 Å². The highest BCUT2D eigenvalue weighted by molar-refractivity contribution is 6.00. The van der Waals surface area contributed by atoms with Crippen molar-refractivity contribution in [2.24, 2.45) is 7.05 Å². The molecule has 2 heterocycles. The minimum absolute atomic E-state index is 0.0322. The number of fused-ring (bicyclic) bond motifs is 1. The SMILES string of the molecule is COc1ccc(CN2C(=O)CCC(n3c(=O)n(C)c4c(O)cccc43)C2=O)cc1. The van der Waals surface area contributed by atoms with E-state index in [0.29, 0.717) is 16.8 Å². The van der Waals surface area contributed by atoms with Gasteiger partial charge in [-0.15, -0.1) is 0 Å². The first-order chi connectivity index (χ1) is 13.9. The largest absolute Gasteiger partial charge is 0.506 e. The second-order valence-electron chi connectivity index (χ2n) is 7.08. The molecule has 4 rings (SSSR count). The van der Waals surface area contributed by atoms with Crippen molar-refractivity contribution in [1.82, 2.24) is 14.0 Å². The van der Waals surface area contributed by atoms with Crippen molar-refractivity contribution in [3.05, 3.63) is 58.5 Å². The van der Waals surface area contributed by atoms with Crippen LogP contribution in [0.25, 0.3) is 11.0 Å². The van der Waals surface area contributed by atoms with Gasteiger partial charge in [-0.2, -0.15) is 0 Å². The summed E-state index contributed by atoms with van der Waals surface area (Å²) in [7, 11) is 3.12. The number of piperidine rings is 1. The van der Waals surface area contributed by atoms with E-state index in [1.54, 1.807) is 50.6 Å². The van der Waals surface area contributed by atoms with Crippen molar-refractivity contribution in [2.75, 3.05) is 7.11 Å². The Labute approximate surface area is 166 Å². The van der Waals surface area contributed by atoms with E-state index < -0.39 is 17.6 Å². The van der Waals surface area contributed by atoms with Gasteiger partial charge < -0.3 is 9.84 Å². The average Bonchev–Trinajstić information content (AvgIpc) is 2.97. The number of ether oxygens (including phenoxy) is 1. The summed E-state index contributed by atoms with van der Waals surface area (Å²) in [6.07, 6.45) is 0.402. The number of aromatic hydroxyl groups is 1. The number of carbonyl (C=O) groups is 2. The quantitative estimate of drug-likeness (QED) is 0.682. The Hall–Kier alpha value is -3.55. The zero-order chi connectivity index (χ0) is 20.7. The van der Waals surface area contributed by atoms with Gasteiger partial charge in [-0.1, -0.05) is 18.2 Å². The monoisotopic (exact) mass is 395 g/mol. The molecule has 1 aromatic heterocycles. The number of likely N-dealkylation sites (tertiary alicyclic amines) is 1. The maximum absolute atomic E-state index is 13.2. The van der Waals surface area contributed by atoms with Crippen molar-refractivity contribution >= 4 is 22.8 Å². The standard InChI is InChI=1S/C21H21N3O5/c1-22-19-15(4-3-5-17(19)25)24(21(22)28)16-10-11-18(26)23(20(16)27)12-13-6-8-14(29-2)9-7-13/h3-9,16,25H,10-12H2,1-2H3. The van der Waals surface area contributed by atoms with Crippen LogP contribution in [-0.2, 0) is 23.2 Å². The molecule has 3 aromatic rings. The summed E-state index contributed by atoms with van der Waals surface area (Å²) in [5.74, 6) is -0.0338. The molecule has 0 spiro atoms. The molecule has 1 aliphatic heterocycles. The number of nitrogens with zero attached hydrogens (tertiary/aromatic N) is 3. The molecule has 29 heavy (non-hydrogen) atoms. The lowest BCUT2D eigenvalue weighted by molar-refractivity contribution is -0.151. The van der Waals surface area contributed by atoms with Crippen LogP contribution >= 0.6 is 0 Å². The Morgan fingerprint density at radius 3 is 2.52 bits per heavy atom. The summed E-state index contributed by atoms with van der Waals surface area (Å²) in [6, 6.07) is 11.1. The number of amides is 2. The molecule has 2 aromatic carbocycles. The molecule has 0 saturated carbocycles. The molecule has 0 radical (unpaired) electrons. The number of rotatable bonds is 4. The van der Waals surface area contributed by atoms with Crippen molar-refractivity contribution in [1.29, 1.82) is 0 Å². The minimum atomic E-state index is -0.802. The van der Waals surface area contributed by atoms with Crippen LogP contribution in [0.3, 0.4) is 0 Å². The number of carbonyl (C=O) groups excluding carboxylic acids is 2. The number of phenolic OH excluding ortho intramolecular Hbond substituents is 1. The molecule has 1 aliphatic rings. The van der Waals surface area contributed by atoms with Crippen molar-refractivity contribution in [3.63, 3.8) is 0 Å². The predicted octanol–water partition coefficient (Wildman–Crippen LogP) is 1.94. The molecule has 1 atom stereocenters. The molecule has 0 bridgehead atoms. The number of aryl methyl sites for hydroxylation is 1. The summed E-state index contributed by atoms with van der Waals surface area (Å²) < 4.78 is 7.84. The Morgan fingerprint density at radius 2 is 1.83 bits per heavy atom. The fourth-order valence-corrected chi connectivity index (χ4v) is 3.86. The van der Waals surface area contributed by atoms with Crippen LogP contribution in [-0.4, -0.2) is 38.1 Å². The minimum Gasteiger partial charge on any atom is -0.506 e. The van der Waals surface area contributed by atoms with Crippen molar-refractivity contribution in [2.45, 2.75) is 25.4 Å². The Kier molecular flexibility index (Phi) is 4.62. The summed E-state index contributed by atoms with van der Waals surface area (Å²) in [4.78, 5) is 39.7. The predicted molar refractivity (Wildman–Crippen MR) is 106 cm³/mol. The summed E-state index contributed by atoms with van der Waals surface area (Å²) >= 11 is 0. The zero-order valence-corrected chi connectivity index (χ0v) is 16.2. The highest BCUT2D eigenvalue weighted by Crippen LogP contribution is 2.30. The van der Waals surface area contributed by atoms with E-state index in [4.69, 9.17) is 4.74 Å². The normalized spacial score (nSPS) is 17.2. The number of para-hydroxylation sites is 1. The fraction of sp³-hybridized carbons (Fsp3) is 0.286. The molecule has 0 aliphatic carbocycles. The average molecular weight is 395 g/mol. The molecular formula is C21H21N3O5. The number of methoxy groups -OCH3 is 1. The first-order valence-corrected chi connectivity index (χ1v) is 9.28. The Bertz CT molecular complexity index is 1160. The number of hydrogen-bond donors (Lipinski definition) is 1. The highest BCUT2D eigenvalue weighted by atomic mass is 16.5. The molecule has 150 valence electrons. The first kappa shape index (κ1) is 18.8. The molecule has 8 nitrogen and oxygen atoms in total. The van der Waals surface area contributed by atoms with Crippen molar-refractivity contribution in [3.8, 4) is 11.5 Å². The smallest absolute Gasteiger partial charge is 0.329 e. The van der Waals surface area contributed by atoms with Gasteiger partial charge in [-0.25, -0.2) is 4.79 Å². The van der Waals surface area contributed by atoms with Crippen LogP contribution < -0.4 is 10.4 Å². The van der Waals surface area contributed by atoms with Crippen LogP contribution in [0.4, 0.5) is 0 Å². The van der Waals surface area contributed by atoms with Gasteiger partial charge in [-0.05, 0) is 36.2 Å². The number of hydrogen-bond acceptors (Lipinski definition) is 5. The second kappa shape index (κ2) is 7.12. The van der Waals surface area contributed by atoms with Crippen LogP contribution in [0.2, 0.25) is 0 Å². The van der Waals surface area contributed by atoms with Crippen LogP contribution in [0, 0.1) is 0 Å². The van der Waals surface area contributed by atoms with Gasteiger partial charge in [0.15, 0.2) is 0 Å². The van der Waals surface area contributed by atoms with Crippen LogP contribution in [0.5, 0.6) is 11.5 Å². The number of aromatic nitrogens is 2. The van der Waals surface area contributed by atoms with Crippen LogP contribution in [0.15, 0.2) is 47.3 Å². The van der Waals surface area contributed by atoms with Gasteiger partial charge >= 0.3 is 5.69 Å². The van der Waals surface area contributed by atoms with Gasteiger partial charge in [0.1, 0.15) is 23.1 Å². The lowest BCUT2D eigenvalue weighted by Gasteiger charge is -2.31. The first-order valence-electron chi connectivity index (χ1n) is 9.28. The lowest BCUT2D eigenvalue weighted by Crippen LogP contribution is -2.47. The van der Waals surface area contributed by atoms with Gasteiger partial charge in [0, 0.05) is 13.5 Å². The fourth-order valence-electron chi connectivity index (χ4n) is 3.86. The van der Waals surface area contributed by atoms with E-state index in [1.807, 2.05) is 0 Å². The van der Waals surface area contributed by atoms with E-state index in [9.17, 15) is 19.5 Å². The summed E-state index contributed by atoms with van der Waals surface area (Å²) in [5.41, 5.74) is 1.22. The topological polar surface area (TPSA) is 93.8 Å². The lowest BCUT2D eigenvalue weighted by atomic mass is 10.0. The molecular weight excluding hydrogens is 374 g/mol. The molecule has 1 unspecified atom stereocenters. The number of imide groups is 1. The summed E-state index contributed by atoms with van der Waals surface area (Å²) in [6.45, 7) is 0.128. The Balaban J connectivity index is 1.71. The molecule has 8 heteroatoms. The maximum atomic E-state index is 13.2. The van der Waals surface area contributed by atoms with E-state index in [0.717, 1.165) is 5.56 Å². The molecule has 1 fully saturated rings. The third-order valence-corrected chi connectivity index (χ3v) is 5.38. The van der Waals surface area contributed by atoms with E-state index in [2.05, 4.69) is 0 Å². The molecule has 1 N–H and O–H groups in total. The molecule has 2 amide bonds. The van der Waals surface area contributed by atoms with Crippen molar-refractivity contribution < 1.29 is 19.4 Å². The zero-order valence-electron chi connectivity index (χ0n) is 16.2. The maximum Gasteiger partial charge on any atom is 0.329 e. The van der Waals surface area contributed by atoms with E-state index in [-0.39, 0.29) is 31.0 Å². The number of phenols is 1. The van der Waals surface area contributed by atoms with Gasteiger partial charge in [0.25, 0.3) is 5.91 Å². The third kappa shape index (κ3) is 3.06. The van der Waals surface area contributed by atoms with Crippen LogP contribution in [0.1, 0.15) is 24.4 Å². The van der Waals surface area contributed by atoms with Gasteiger partial charge in [-0.3, -0.25) is 23.6 Å². The number of benzene rings is 2. The van der Waals surface area contributed by atoms with Gasteiger partial charge in [0.05, 0.1) is 19.2 Å². The molecule has 1 saturated heterocycles. The highest BCUT2D eigenvalue weighted by Gasteiger charge is 2.37. The summed E-state index contributed by atoms with van der Waals surface area (Å²) in [5, 5.41) is 10.2. The number of imidazole rings is 1. The Morgan fingerprint density at radius 1 is 1.10 bits per heavy atom.